The van der Waals surface area contributed by atoms with Crippen LogP contribution in [0.4, 0.5) is 5.69 Å². The van der Waals surface area contributed by atoms with Crippen molar-refractivity contribution in [3.8, 4) is 22.8 Å². The minimum Gasteiger partial charge on any atom is -0.497 e. The Labute approximate surface area is 273 Å². The summed E-state index contributed by atoms with van der Waals surface area (Å²) >= 11 is 0. The number of carboxylic acids is 1. The monoisotopic (exact) mass is 637 g/mol. The third-order valence-corrected chi connectivity index (χ3v) is 9.92. The molecule has 47 heavy (non-hydrogen) atoms. The first kappa shape index (κ1) is 30.8. The van der Waals surface area contributed by atoms with Crippen LogP contribution in [-0.4, -0.2) is 59.9 Å². The van der Waals surface area contributed by atoms with E-state index in [0.29, 0.717) is 56.4 Å². The van der Waals surface area contributed by atoms with Crippen molar-refractivity contribution in [3.63, 3.8) is 0 Å². The number of methoxy groups -OCH3 is 1. The van der Waals surface area contributed by atoms with Gasteiger partial charge in [0.05, 0.1) is 24.9 Å². The van der Waals surface area contributed by atoms with Gasteiger partial charge in [0, 0.05) is 59.8 Å². The van der Waals surface area contributed by atoms with Gasteiger partial charge in [0.25, 0.3) is 5.91 Å². The average Bonchev–Trinajstić information content (AvgIpc) is 3.30. The number of carbonyl (C=O) groups is 3. The lowest BCUT2D eigenvalue weighted by Gasteiger charge is -2.36. The van der Waals surface area contributed by atoms with Gasteiger partial charge in [-0.1, -0.05) is 25.3 Å². The number of carbonyl (C=O) groups excluding carboxylic acids is 2. The van der Waals surface area contributed by atoms with E-state index in [-0.39, 0.29) is 17.4 Å². The second-order valence-electron chi connectivity index (χ2n) is 12.7. The molecule has 244 valence electrons. The van der Waals surface area contributed by atoms with Crippen LogP contribution >= 0.6 is 0 Å². The smallest absolute Gasteiger partial charge is 0.335 e. The maximum absolute atomic E-state index is 14.0. The third kappa shape index (κ3) is 5.82. The maximum Gasteiger partial charge on any atom is 0.335 e. The highest BCUT2D eigenvalue weighted by Gasteiger charge is 2.42. The van der Waals surface area contributed by atoms with Crippen LogP contribution in [0.15, 0.2) is 60.7 Å². The first-order valence-corrected chi connectivity index (χ1v) is 16.4. The summed E-state index contributed by atoms with van der Waals surface area (Å²) in [4.78, 5) is 39.0. The minimum atomic E-state index is -1.19. The predicted octanol–water partition coefficient (Wildman–Crippen LogP) is 6.37. The highest BCUT2D eigenvalue weighted by molar-refractivity contribution is 6.06. The topological polar surface area (TPSA) is 128 Å². The quantitative estimate of drug-likeness (QED) is 0.215. The largest absolute Gasteiger partial charge is 0.497 e. The normalized spacial score (nSPS) is 17.5. The number of amides is 2. The molecule has 2 aliphatic heterocycles. The van der Waals surface area contributed by atoms with Crippen molar-refractivity contribution in [3.05, 3.63) is 77.4 Å². The summed E-state index contributed by atoms with van der Waals surface area (Å²) in [6.45, 7) is 1.76. The Hall–Kier alpha value is -4.83. The number of anilines is 1. The molecule has 0 bridgehead atoms. The predicted molar refractivity (Wildman–Crippen MR) is 178 cm³/mol. The highest BCUT2D eigenvalue weighted by Crippen LogP contribution is 2.47. The van der Waals surface area contributed by atoms with Crippen LogP contribution < -0.4 is 20.1 Å². The Bertz CT molecular complexity index is 1830. The summed E-state index contributed by atoms with van der Waals surface area (Å²) in [5.74, 6) is 0.208. The minimum absolute atomic E-state index is 0.122. The average molecular weight is 638 g/mol. The Morgan fingerprint density at radius 2 is 1.66 bits per heavy atom. The van der Waals surface area contributed by atoms with E-state index in [2.05, 4.69) is 27.3 Å². The molecule has 3 aromatic carbocycles. The molecule has 0 spiro atoms. The van der Waals surface area contributed by atoms with Gasteiger partial charge >= 0.3 is 5.97 Å². The molecule has 1 aliphatic carbocycles. The highest BCUT2D eigenvalue weighted by atomic mass is 16.5. The Kier molecular flexibility index (Phi) is 8.36. The molecule has 2 amide bonds. The van der Waals surface area contributed by atoms with E-state index in [9.17, 15) is 19.5 Å². The number of hydrogen-bond donors (Lipinski definition) is 3. The van der Waals surface area contributed by atoms with E-state index in [0.717, 1.165) is 46.5 Å². The summed E-state index contributed by atoms with van der Waals surface area (Å²) < 4.78 is 19.6. The number of fused-ring (bicyclic) bond motifs is 5. The van der Waals surface area contributed by atoms with Crippen LogP contribution in [0.3, 0.4) is 0 Å². The molecule has 1 saturated carbocycles. The fourth-order valence-electron chi connectivity index (χ4n) is 7.40. The zero-order valence-corrected chi connectivity index (χ0v) is 26.5. The van der Waals surface area contributed by atoms with Gasteiger partial charge in [-0.25, -0.2) is 4.79 Å². The molecule has 1 aromatic heterocycles. The van der Waals surface area contributed by atoms with Gasteiger partial charge in [0.2, 0.25) is 5.91 Å². The molecule has 3 aliphatic rings. The van der Waals surface area contributed by atoms with Gasteiger partial charge in [-0.3, -0.25) is 9.59 Å². The lowest BCUT2D eigenvalue weighted by atomic mass is 9.81. The van der Waals surface area contributed by atoms with E-state index in [4.69, 9.17) is 14.2 Å². The van der Waals surface area contributed by atoms with Gasteiger partial charge < -0.3 is 34.5 Å². The zero-order chi connectivity index (χ0) is 32.5. The molecule has 0 radical (unpaired) electrons. The second-order valence-corrected chi connectivity index (χ2v) is 12.7. The number of rotatable bonds is 7. The Morgan fingerprint density at radius 1 is 0.915 bits per heavy atom. The van der Waals surface area contributed by atoms with Gasteiger partial charge in [0.15, 0.2) is 0 Å². The van der Waals surface area contributed by atoms with Crippen LogP contribution in [-0.2, 0) is 16.1 Å². The summed E-state index contributed by atoms with van der Waals surface area (Å²) in [5, 5.41) is 16.3. The summed E-state index contributed by atoms with van der Waals surface area (Å²) in [7, 11) is 1.65. The van der Waals surface area contributed by atoms with E-state index >= 15 is 0 Å². The maximum atomic E-state index is 14.0. The molecular weight excluding hydrogens is 598 g/mol. The fraction of sp³-hybridized carbons (Fsp3) is 0.378. The number of hydrogen-bond acceptors (Lipinski definition) is 6. The molecule has 2 fully saturated rings. The Morgan fingerprint density at radius 3 is 2.38 bits per heavy atom. The summed E-state index contributed by atoms with van der Waals surface area (Å²) in [6, 6.07) is 17.8. The van der Waals surface area contributed by atoms with Crippen molar-refractivity contribution >= 4 is 34.4 Å². The van der Waals surface area contributed by atoms with Crippen LogP contribution in [0.5, 0.6) is 11.5 Å². The van der Waals surface area contributed by atoms with E-state index in [1.165, 1.54) is 37.0 Å². The summed E-state index contributed by atoms with van der Waals surface area (Å²) in [5.41, 5.74) is 4.32. The number of carboxylic acid groups (broad SMARTS) is 1. The fourth-order valence-corrected chi connectivity index (χ4v) is 7.40. The van der Waals surface area contributed by atoms with Crippen molar-refractivity contribution < 1.29 is 33.7 Å². The lowest BCUT2D eigenvalue weighted by Crippen LogP contribution is -2.59. The van der Waals surface area contributed by atoms with Crippen LogP contribution in [0.25, 0.3) is 22.2 Å². The van der Waals surface area contributed by atoms with Gasteiger partial charge in [0.1, 0.15) is 23.6 Å². The molecule has 0 unspecified atom stereocenters. The van der Waals surface area contributed by atoms with Crippen molar-refractivity contribution in [2.24, 2.45) is 0 Å². The van der Waals surface area contributed by atoms with Crippen LogP contribution in [0.1, 0.15) is 77.1 Å². The summed E-state index contributed by atoms with van der Waals surface area (Å²) in [6.07, 6.45) is 6.51. The lowest BCUT2D eigenvalue weighted by molar-refractivity contribution is -0.125. The molecule has 3 heterocycles. The molecule has 0 atom stereocenters. The zero-order valence-electron chi connectivity index (χ0n) is 26.5. The van der Waals surface area contributed by atoms with Crippen molar-refractivity contribution in [1.82, 2.24) is 9.88 Å². The van der Waals surface area contributed by atoms with Gasteiger partial charge in [-0.15, -0.1) is 0 Å². The van der Waals surface area contributed by atoms with Crippen molar-refractivity contribution in [2.75, 3.05) is 32.2 Å². The van der Waals surface area contributed by atoms with Crippen molar-refractivity contribution in [1.29, 1.82) is 0 Å². The molecule has 10 heteroatoms. The number of aromatic nitrogens is 1. The number of ether oxygens (including phenoxy) is 3. The number of nitrogens with zero attached hydrogens (tertiary/aromatic N) is 1. The number of benzene rings is 3. The SMILES string of the molecule is COc1ccc2c(c1)OCCn1c-2c(C2CCCCC2)c2ccc(C(=O)NC3(C(=O)Nc4ccc(C(=O)O)cc4)CCOCC3)cc21. The van der Waals surface area contributed by atoms with Crippen LogP contribution in [0.2, 0.25) is 0 Å². The van der Waals surface area contributed by atoms with Gasteiger partial charge in [-0.2, -0.15) is 0 Å². The standard InChI is InChI=1S/C37H39N3O7/c1-45-27-12-14-29-31(22-27)47-20-17-40-30-21-25(9-13-28(30)32(33(29)40)23-5-3-2-4-6-23)34(41)39-37(15-18-46-19-16-37)36(44)38-26-10-7-24(8-11-26)35(42)43/h7-14,21-23H,2-6,15-20H2,1H3,(H,38,44)(H,39,41)(H,42,43). The number of aromatic carboxylic acids is 1. The van der Waals surface area contributed by atoms with Crippen LogP contribution in [0, 0.1) is 0 Å². The van der Waals surface area contributed by atoms with Gasteiger partial charge in [-0.05, 0) is 72.9 Å². The first-order chi connectivity index (χ1) is 22.9. The molecule has 7 rings (SSSR count). The first-order valence-electron chi connectivity index (χ1n) is 16.4. The molecule has 4 aromatic rings. The van der Waals surface area contributed by atoms with Crippen molar-refractivity contribution in [2.45, 2.75) is 62.9 Å². The van der Waals surface area contributed by atoms with E-state index in [1.807, 2.05) is 24.3 Å². The number of nitrogens with one attached hydrogen (secondary N) is 2. The second kappa shape index (κ2) is 12.8. The molecule has 1 saturated heterocycles. The van der Waals surface area contributed by atoms with E-state index in [1.54, 1.807) is 19.2 Å². The van der Waals surface area contributed by atoms with E-state index < -0.39 is 11.5 Å². The molecule has 10 nitrogen and oxygen atoms in total. The molecular formula is C37H39N3O7. The Balaban J connectivity index is 1.24. The molecule has 3 N–H and O–H groups in total. The third-order valence-electron chi connectivity index (χ3n) is 9.92.